The van der Waals surface area contributed by atoms with Gasteiger partial charge < -0.3 is 10.0 Å². The summed E-state index contributed by atoms with van der Waals surface area (Å²) in [5, 5.41) is 10.6. The van der Waals surface area contributed by atoms with Crippen molar-refractivity contribution in [3.8, 4) is 0 Å². The van der Waals surface area contributed by atoms with E-state index < -0.39 is 0 Å². The van der Waals surface area contributed by atoms with Crippen molar-refractivity contribution in [2.24, 2.45) is 5.92 Å². The van der Waals surface area contributed by atoms with Crippen molar-refractivity contribution in [3.05, 3.63) is 70.8 Å². The van der Waals surface area contributed by atoms with Gasteiger partial charge in [-0.1, -0.05) is 48.5 Å². The maximum Gasteiger partial charge on any atom is 0.0824 e. The van der Waals surface area contributed by atoms with Crippen LogP contribution in [0.4, 0.5) is 0 Å². The monoisotopic (exact) mass is 323 g/mol. The fraction of sp³-hybridized carbons (Fsp3) is 0.455. The van der Waals surface area contributed by atoms with Crippen LogP contribution in [0.15, 0.2) is 48.5 Å². The SMILES string of the molecule is Cc1cccc2c1CC(CCCN(C)CCc1ccccc1)C2O. The molecule has 2 atom stereocenters. The number of aliphatic hydroxyl groups is 1. The normalized spacial score (nSPS) is 19.7. The number of fused-ring (bicyclic) bond motifs is 1. The van der Waals surface area contributed by atoms with Gasteiger partial charge in [0.2, 0.25) is 0 Å². The van der Waals surface area contributed by atoms with E-state index in [9.17, 15) is 5.11 Å². The molecule has 0 bridgehead atoms. The molecule has 0 amide bonds. The second kappa shape index (κ2) is 7.96. The summed E-state index contributed by atoms with van der Waals surface area (Å²) in [6.07, 6.45) is 4.13. The smallest absolute Gasteiger partial charge is 0.0824 e. The molecular formula is C22H29NO. The van der Waals surface area contributed by atoms with Gasteiger partial charge in [0.05, 0.1) is 6.10 Å². The molecule has 0 aromatic heterocycles. The summed E-state index contributed by atoms with van der Waals surface area (Å²) < 4.78 is 0. The molecule has 0 spiro atoms. The van der Waals surface area contributed by atoms with E-state index in [-0.39, 0.29) is 6.10 Å². The predicted molar refractivity (Wildman–Crippen MR) is 100 cm³/mol. The van der Waals surface area contributed by atoms with Crippen LogP contribution in [-0.4, -0.2) is 30.1 Å². The minimum atomic E-state index is -0.269. The third-order valence-electron chi connectivity index (χ3n) is 5.42. The lowest BCUT2D eigenvalue weighted by atomic mass is 9.97. The van der Waals surface area contributed by atoms with Crippen LogP contribution >= 0.6 is 0 Å². The summed E-state index contributed by atoms with van der Waals surface area (Å²) in [7, 11) is 2.20. The van der Waals surface area contributed by atoms with Crippen LogP contribution in [0.5, 0.6) is 0 Å². The highest BCUT2D eigenvalue weighted by atomic mass is 16.3. The van der Waals surface area contributed by atoms with Crippen molar-refractivity contribution in [1.82, 2.24) is 4.90 Å². The van der Waals surface area contributed by atoms with E-state index in [2.05, 4.69) is 67.4 Å². The van der Waals surface area contributed by atoms with Crippen LogP contribution in [0.3, 0.4) is 0 Å². The number of aryl methyl sites for hydroxylation is 1. The van der Waals surface area contributed by atoms with E-state index in [1.54, 1.807) is 0 Å². The van der Waals surface area contributed by atoms with Gasteiger partial charge in [-0.25, -0.2) is 0 Å². The number of aliphatic hydroxyl groups excluding tert-OH is 1. The van der Waals surface area contributed by atoms with Crippen LogP contribution < -0.4 is 0 Å². The van der Waals surface area contributed by atoms with Crippen LogP contribution in [0.25, 0.3) is 0 Å². The van der Waals surface area contributed by atoms with Gasteiger partial charge in [0.15, 0.2) is 0 Å². The number of rotatable bonds is 7. The Kier molecular flexibility index (Phi) is 5.70. The minimum Gasteiger partial charge on any atom is -0.388 e. The van der Waals surface area contributed by atoms with Gasteiger partial charge in [-0.2, -0.15) is 0 Å². The molecule has 2 aromatic rings. The highest BCUT2D eigenvalue weighted by Gasteiger charge is 2.31. The Morgan fingerprint density at radius 3 is 2.58 bits per heavy atom. The Morgan fingerprint density at radius 2 is 1.83 bits per heavy atom. The lowest BCUT2D eigenvalue weighted by Gasteiger charge is -2.19. The van der Waals surface area contributed by atoms with Crippen LogP contribution in [0.1, 0.15) is 41.2 Å². The van der Waals surface area contributed by atoms with Crippen LogP contribution in [0, 0.1) is 12.8 Å². The maximum absolute atomic E-state index is 10.6. The Bertz CT molecular complexity index is 652. The molecule has 1 aliphatic rings. The first-order valence-electron chi connectivity index (χ1n) is 9.14. The largest absolute Gasteiger partial charge is 0.388 e. The quantitative estimate of drug-likeness (QED) is 0.827. The summed E-state index contributed by atoms with van der Waals surface area (Å²) in [6.45, 7) is 4.35. The van der Waals surface area contributed by atoms with Crippen molar-refractivity contribution in [2.75, 3.05) is 20.1 Å². The molecule has 128 valence electrons. The molecule has 0 heterocycles. The number of hydrogen-bond acceptors (Lipinski definition) is 2. The van der Waals surface area contributed by atoms with Crippen LogP contribution in [-0.2, 0) is 12.8 Å². The molecule has 3 rings (SSSR count). The maximum atomic E-state index is 10.6. The number of hydrogen-bond donors (Lipinski definition) is 1. The van der Waals surface area contributed by atoms with Crippen molar-refractivity contribution in [2.45, 2.75) is 38.7 Å². The van der Waals surface area contributed by atoms with Gasteiger partial charge in [0.1, 0.15) is 0 Å². The van der Waals surface area contributed by atoms with Gasteiger partial charge in [-0.15, -0.1) is 0 Å². The Hall–Kier alpha value is -1.64. The van der Waals surface area contributed by atoms with E-state index in [0.717, 1.165) is 44.3 Å². The third kappa shape index (κ3) is 4.06. The average molecular weight is 323 g/mol. The van der Waals surface area contributed by atoms with E-state index in [1.807, 2.05) is 0 Å². The summed E-state index contributed by atoms with van der Waals surface area (Å²) in [4.78, 5) is 2.41. The molecule has 2 unspecified atom stereocenters. The first-order chi connectivity index (χ1) is 11.6. The second-order valence-electron chi connectivity index (χ2n) is 7.23. The minimum absolute atomic E-state index is 0.269. The molecule has 1 N–H and O–H groups in total. The molecule has 2 nitrogen and oxygen atoms in total. The lowest BCUT2D eigenvalue weighted by molar-refractivity contribution is 0.115. The van der Waals surface area contributed by atoms with E-state index in [4.69, 9.17) is 0 Å². The van der Waals surface area contributed by atoms with Crippen molar-refractivity contribution in [3.63, 3.8) is 0 Å². The zero-order valence-electron chi connectivity index (χ0n) is 14.9. The third-order valence-corrected chi connectivity index (χ3v) is 5.42. The standard InChI is InChI=1S/C22H29NO/c1-17-8-6-12-20-21(17)16-19(22(20)24)11-7-14-23(2)15-13-18-9-4-3-5-10-18/h3-6,8-10,12,19,22,24H,7,11,13-16H2,1-2H3. The highest BCUT2D eigenvalue weighted by molar-refractivity contribution is 5.40. The fourth-order valence-electron chi connectivity index (χ4n) is 3.87. The molecule has 0 saturated heterocycles. The lowest BCUT2D eigenvalue weighted by Crippen LogP contribution is -2.23. The molecule has 0 fully saturated rings. The number of likely N-dealkylation sites (N-methyl/N-ethyl adjacent to an activating group) is 1. The zero-order valence-corrected chi connectivity index (χ0v) is 14.9. The number of benzene rings is 2. The molecule has 0 radical (unpaired) electrons. The van der Waals surface area contributed by atoms with Crippen molar-refractivity contribution in [1.29, 1.82) is 0 Å². The van der Waals surface area contributed by atoms with Gasteiger partial charge in [-0.3, -0.25) is 0 Å². The van der Waals surface area contributed by atoms with Crippen molar-refractivity contribution >= 4 is 0 Å². The van der Waals surface area contributed by atoms with Gasteiger partial charge in [0.25, 0.3) is 0 Å². The Morgan fingerprint density at radius 1 is 1.04 bits per heavy atom. The molecular weight excluding hydrogens is 294 g/mol. The molecule has 0 aliphatic heterocycles. The van der Waals surface area contributed by atoms with Crippen LogP contribution in [0.2, 0.25) is 0 Å². The first-order valence-corrected chi connectivity index (χ1v) is 9.14. The van der Waals surface area contributed by atoms with E-state index in [1.165, 1.54) is 16.7 Å². The summed E-state index contributed by atoms with van der Waals surface area (Å²) >= 11 is 0. The molecule has 2 aromatic carbocycles. The number of nitrogens with zero attached hydrogens (tertiary/aromatic N) is 1. The Balaban J connectivity index is 1.42. The second-order valence-corrected chi connectivity index (χ2v) is 7.23. The molecule has 1 aliphatic carbocycles. The van der Waals surface area contributed by atoms with E-state index in [0.29, 0.717) is 5.92 Å². The fourth-order valence-corrected chi connectivity index (χ4v) is 3.87. The summed E-state index contributed by atoms with van der Waals surface area (Å²) in [6, 6.07) is 17.0. The first kappa shape index (κ1) is 17.2. The summed E-state index contributed by atoms with van der Waals surface area (Å²) in [5.41, 5.74) is 5.28. The highest BCUT2D eigenvalue weighted by Crippen LogP contribution is 2.39. The average Bonchev–Trinajstić information content (AvgIpc) is 2.92. The van der Waals surface area contributed by atoms with Gasteiger partial charge in [-0.05, 0) is 74.4 Å². The molecule has 2 heteroatoms. The van der Waals surface area contributed by atoms with Crippen molar-refractivity contribution < 1.29 is 5.11 Å². The zero-order chi connectivity index (χ0) is 16.9. The molecule has 24 heavy (non-hydrogen) atoms. The topological polar surface area (TPSA) is 23.5 Å². The van der Waals surface area contributed by atoms with Gasteiger partial charge in [0, 0.05) is 6.54 Å². The summed E-state index contributed by atoms with van der Waals surface area (Å²) in [5.74, 6) is 0.392. The Labute approximate surface area is 146 Å². The van der Waals surface area contributed by atoms with Gasteiger partial charge >= 0.3 is 0 Å². The van der Waals surface area contributed by atoms with E-state index >= 15 is 0 Å². The predicted octanol–water partition coefficient (Wildman–Crippen LogP) is 4.16. The molecule has 0 saturated carbocycles.